The molecule has 0 spiro atoms. The van der Waals surface area contributed by atoms with Crippen LogP contribution in [0.1, 0.15) is 69.4 Å². The van der Waals surface area contributed by atoms with Gasteiger partial charge in [-0.15, -0.1) is 0 Å². The molecule has 3 rings (SSSR count). The van der Waals surface area contributed by atoms with E-state index in [0.29, 0.717) is 12.6 Å². The minimum atomic E-state index is -0.647. The van der Waals surface area contributed by atoms with Crippen molar-refractivity contribution < 1.29 is 4.79 Å². The summed E-state index contributed by atoms with van der Waals surface area (Å²) in [6.45, 7) is 3.36. The van der Waals surface area contributed by atoms with Crippen molar-refractivity contribution in [2.45, 2.75) is 82.8 Å². The fourth-order valence-corrected chi connectivity index (χ4v) is 3.96. The van der Waals surface area contributed by atoms with Gasteiger partial charge in [0.25, 0.3) is 0 Å². The molecule has 0 saturated heterocycles. The molecule has 1 amide bonds. The fourth-order valence-electron chi connectivity index (χ4n) is 3.96. The van der Waals surface area contributed by atoms with Gasteiger partial charge in [0, 0.05) is 12.6 Å². The van der Waals surface area contributed by atoms with Crippen molar-refractivity contribution >= 4 is 5.91 Å². The van der Waals surface area contributed by atoms with Crippen LogP contribution in [-0.2, 0) is 17.8 Å². The smallest absolute Gasteiger partial charge is 0.235 e. The van der Waals surface area contributed by atoms with Crippen molar-refractivity contribution in [3.8, 4) is 6.07 Å². The minimum Gasteiger partial charge on any atom is -0.337 e. The monoisotopic (exact) mass is 353 g/mol. The summed E-state index contributed by atoms with van der Waals surface area (Å²) in [5.74, 6) is 0.00512. The summed E-state index contributed by atoms with van der Waals surface area (Å²) in [5.41, 5.74) is 1.95. The summed E-state index contributed by atoms with van der Waals surface area (Å²) in [6.07, 6.45) is 9.36. The zero-order valence-corrected chi connectivity index (χ0v) is 16.0. The zero-order chi connectivity index (χ0) is 18.4. The number of rotatable bonds is 7. The second-order valence-electron chi connectivity index (χ2n) is 7.96. The Morgan fingerprint density at radius 2 is 1.77 bits per heavy atom. The number of carbonyl (C=O) groups is 1. The van der Waals surface area contributed by atoms with Crippen LogP contribution in [0.15, 0.2) is 24.3 Å². The van der Waals surface area contributed by atoms with Crippen molar-refractivity contribution in [2.75, 3.05) is 6.54 Å². The first-order valence-electron chi connectivity index (χ1n) is 10.2. The van der Waals surface area contributed by atoms with E-state index in [2.05, 4.69) is 47.5 Å². The van der Waals surface area contributed by atoms with E-state index >= 15 is 0 Å². The maximum atomic E-state index is 12.7. The van der Waals surface area contributed by atoms with Crippen molar-refractivity contribution in [2.24, 2.45) is 0 Å². The second-order valence-corrected chi connectivity index (χ2v) is 7.96. The molecule has 0 radical (unpaired) electrons. The van der Waals surface area contributed by atoms with Crippen LogP contribution < -0.4 is 5.32 Å². The molecule has 1 aromatic carbocycles. The molecule has 2 fully saturated rings. The molecule has 0 aliphatic heterocycles. The van der Waals surface area contributed by atoms with Gasteiger partial charge in [0.1, 0.15) is 5.54 Å². The lowest BCUT2D eigenvalue weighted by Crippen LogP contribution is -2.50. The van der Waals surface area contributed by atoms with E-state index in [1.165, 1.54) is 36.8 Å². The van der Waals surface area contributed by atoms with Gasteiger partial charge in [-0.1, -0.05) is 56.9 Å². The number of hydrogen-bond acceptors (Lipinski definition) is 3. The van der Waals surface area contributed by atoms with Crippen molar-refractivity contribution in [1.82, 2.24) is 10.2 Å². The Morgan fingerprint density at radius 3 is 2.31 bits per heavy atom. The van der Waals surface area contributed by atoms with Gasteiger partial charge in [0.05, 0.1) is 12.6 Å². The van der Waals surface area contributed by atoms with Gasteiger partial charge >= 0.3 is 0 Å². The molecule has 0 bridgehead atoms. The third kappa shape index (κ3) is 5.08. The standard InChI is InChI=1S/C22H31N3O/c1-2-18-7-9-19(10-8-18)15-25(20-11-12-20)16-21(26)24-22(17-23)13-5-3-4-6-14-22/h7-10,20H,2-6,11-16H2,1H3,(H,24,26). The Morgan fingerprint density at radius 1 is 1.15 bits per heavy atom. The molecule has 4 heteroatoms. The first kappa shape index (κ1) is 18.9. The SMILES string of the molecule is CCc1ccc(CN(CC(=O)NC2(C#N)CCCCCC2)C2CC2)cc1. The number of nitrogens with one attached hydrogen (secondary N) is 1. The lowest BCUT2D eigenvalue weighted by molar-refractivity contribution is -0.124. The summed E-state index contributed by atoms with van der Waals surface area (Å²) in [7, 11) is 0. The van der Waals surface area contributed by atoms with Crippen molar-refractivity contribution in [3.05, 3.63) is 35.4 Å². The van der Waals surface area contributed by atoms with Gasteiger partial charge in [-0.05, 0) is 43.2 Å². The van der Waals surface area contributed by atoms with Gasteiger partial charge in [0.15, 0.2) is 0 Å². The number of hydrogen-bond donors (Lipinski definition) is 1. The number of nitrogens with zero attached hydrogens (tertiary/aromatic N) is 2. The van der Waals surface area contributed by atoms with Crippen molar-refractivity contribution in [3.63, 3.8) is 0 Å². The first-order valence-corrected chi connectivity index (χ1v) is 10.2. The molecule has 4 nitrogen and oxygen atoms in total. The number of benzene rings is 1. The summed E-state index contributed by atoms with van der Waals surface area (Å²) >= 11 is 0. The Kier molecular flexibility index (Phi) is 6.32. The lowest BCUT2D eigenvalue weighted by Gasteiger charge is -2.28. The van der Waals surface area contributed by atoms with Gasteiger partial charge < -0.3 is 5.32 Å². The van der Waals surface area contributed by atoms with Gasteiger partial charge in [-0.25, -0.2) is 0 Å². The Balaban J connectivity index is 1.60. The van der Waals surface area contributed by atoms with E-state index in [-0.39, 0.29) is 5.91 Å². The molecule has 0 aromatic heterocycles. The molecular formula is C22H31N3O. The van der Waals surface area contributed by atoms with Crippen LogP contribution in [0.4, 0.5) is 0 Å². The molecule has 2 aliphatic rings. The minimum absolute atomic E-state index is 0.00512. The Labute approximate surface area is 157 Å². The topological polar surface area (TPSA) is 56.1 Å². The second kappa shape index (κ2) is 8.68. The average molecular weight is 354 g/mol. The highest BCUT2D eigenvalue weighted by atomic mass is 16.2. The molecule has 0 unspecified atom stereocenters. The summed E-state index contributed by atoms with van der Waals surface area (Å²) in [4.78, 5) is 15.0. The van der Waals surface area contributed by atoms with E-state index in [9.17, 15) is 10.1 Å². The Bertz CT molecular complexity index is 634. The summed E-state index contributed by atoms with van der Waals surface area (Å²) in [5, 5.41) is 12.8. The number of amides is 1. The quantitative estimate of drug-likeness (QED) is 0.755. The molecule has 0 heterocycles. The third-order valence-corrected chi connectivity index (χ3v) is 5.78. The van der Waals surface area contributed by atoms with Crippen LogP contribution >= 0.6 is 0 Å². The van der Waals surface area contributed by atoms with Gasteiger partial charge in [0.2, 0.25) is 5.91 Å². The highest BCUT2D eigenvalue weighted by Gasteiger charge is 2.35. The predicted molar refractivity (Wildman–Crippen MR) is 103 cm³/mol. The van der Waals surface area contributed by atoms with Gasteiger partial charge in [-0.2, -0.15) is 5.26 Å². The van der Waals surface area contributed by atoms with Crippen LogP contribution in [-0.4, -0.2) is 28.9 Å². The third-order valence-electron chi connectivity index (χ3n) is 5.78. The van der Waals surface area contributed by atoms with Crippen LogP contribution in [0.3, 0.4) is 0 Å². The van der Waals surface area contributed by atoms with E-state index in [1.807, 2.05) is 0 Å². The maximum Gasteiger partial charge on any atom is 0.235 e. The predicted octanol–water partition coefficient (Wildman–Crippen LogP) is 3.95. The molecule has 1 N–H and O–H groups in total. The lowest BCUT2D eigenvalue weighted by atomic mass is 9.92. The molecule has 1 aromatic rings. The molecule has 2 saturated carbocycles. The molecule has 2 aliphatic carbocycles. The van der Waals surface area contributed by atoms with Crippen LogP contribution in [0.2, 0.25) is 0 Å². The Hall–Kier alpha value is -1.86. The molecular weight excluding hydrogens is 322 g/mol. The average Bonchev–Trinajstić information content (AvgIpc) is 3.50. The van der Waals surface area contributed by atoms with Crippen LogP contribution in [0, 0.1) is 11.3 Å². The van der Waals surface area contributed by atoms with E-state index in [1.54, 1.807) is 0 Å². The van der Waals surface area contributed by atoms with Crippen molar-refractivity contribution in [1.29, 1.82) is 5.26 Å². The molecule has 140 valence electrons. The maximum absolute atomic E-state index is 12.7. The van der Waals surface area contributed by atoms with E-state index in [0.717, 1.165) is 38.6 Å². The normalized spacial score (nSPS) is 19.6. The van der Waals surface area contributed by atoms with E-state index < -0.39 is 5.54 Å². The number of aryl methyl sites for hydroxylation is 1. The highest BCUT2D eigenvalue weighted by Crippen LogP contribution is 2.29. The number of nitriles is 1. The first-order chi connectivity index (χ1) is 12.6. The summed E-state index contributed by atoms with van der Waals surface area (Å²) in [6, 6.07) is 11.6. The fraction of sp³-hybridized carbons (Fsp3) is 0.636. The van der Waals surface area contributed by atoms with Crippen LogP contribution in [0.5, 0.6) is 0 Å². The largest absolute Gasteiger partial charge is 0.337 e. The zero-order valence-electron chi connectivity index (χ0n) is 16.0. The highest BCUT2D eigenvalue weighted by molar-refractivity contribution is 5.79. The number of carbonyl (C=O) groups excluding carboxylic acids is 1. The molecule has 26 heavy (non-hydrogen) atoms. The van der Waals surface area contributed by atoms with E-state index in [4.69, 9.17) is 0 Å². The van der Waals surface area contributed by atoms with Gasteiger partial charge in [-0.3, -0.25) is 9.69 Å². The summed E-state index contributed by atoms with van der Waals surface area (Å²) < 4.78 is 0. The molecule has 0 atom stereocenters. The van der Waals surface area contributed by atoms with Crippen LogP contribution in [0.25, 0.3) is 0 Å².